The molecule has 0 radical (unpaired) electrons. The zero-order valence-electron chi connectivity index (χ0n) is 51.5. The lowest BCUT2D eigenvalue weighted by Gasteiger charge is -2.18. The second-order valence-corrected chi connectivity index (χ2v) is 22.7. The predicted molar refractivity (Wildman–Crippen MR) is 335 cm³/mol. The molecule has 0 aliphatic rings. The smallest absolute Gasteiger partial charge is 0.306 e. The Morgan fingerprint density at radius 2 is 0.468 bits per heavy atom. The molecular weight excluding hydrogens is 949 g/mol. The zero-order valence-corrected chi connectivity index (χ0v) is 51.5. The van der Waals surface area contributed by atoms with Crippen LogP contribution in [0.3, 0.4) is 0 Å². The van der Waals surface area contributed by atoms with Gasteiger partial charge in [0.1, 0.15) is 13.2 Å². The van der Waals surface area contributed by atoms with E-state index in [1.807, 2.05) is 0 Å². The molecule has 6 nitrogen and oxygen atoms in total. The van der Waals surface area contributed by atoms with Crippen LogP contribution in [0.2, 0.25) is 0 Å². The SMILES string of the molecule is CCCCCCC/C=C\C/C=C\C/C=C\CCCCCCCCC(=O)OC(COC(=O)CCCCCCCCCCCCCCC)COC(=O)CCCCCCCCCCCCCCC/C=C\C/C=C\CCCCCCC. The molecule has 77 heavy (non-hydrogen) atoms. The first-order valence-electron chi connectivity index (χ1n) is 33.8. The van der Waals surface area contributed by atoms with Crippen LogP contribution in [0.25, 0.3) is 0 Å². The summed E-state index contributed by atoms with van der Waals surface area (Å²) >= 11 is 0. The highest BCUT2D eigenvalue weighted by atomic mass is 16.6. The molecule has 0 aromatic heterocycles. The Morgan fingerprint density at radius 1 is 0.260 bits per heavy atom. The molecular formula is C71H128O6. The van der Waals surface area contributed by atoms with Gasteiger partial charge >= 0.3 is 17.9 Å². The Bertz CT molecular complexity index is 1380. The van der Waals surface area contributed by atoms with Gasteiger partial charge in [-0.25, -0.2) is 0 Å². The van der Waals surface area contributed by atoms with E-state index in [4.69, 9.17) is 14.2 Å². The van der Waals surface area contributed by atoms with E-state index in [0.717, 1.165) is 83.5 Å². The van der Waals surface area contributed by atoms with Crippen LogP contribution in [0.4, 0.5) is 0 Å². The third-order valence-corrected chi connectivity index (χ3v) is 15.0. The average Bonchev–Trinajstić information content (AvgIpc) is 3.43. The Hall–Kier alpha value is -2.89. The summed E-state index contributed by atoms with van der Waals surface area (Å²) in [4.78, 5) is 38.4. The Labute approximate surface area is 479 Å². The van der Waals surface area contributed by atoms with Crippen molar-refractivity contribution in [3.8, 4) is 0 Å². The van der Waals surface area contributed by atoms with E-state index in [0.29, 0.717) is 19.3 Å². The lowest BCUT2D eigenvalue weighted by Crippen LogP contribution is -2.30. The van der Waals surface area contributed by atoms with Crippen molar-refractivity contribution in [3.05, 3.63) is 60.8 Å². The van der Waals surface area contributed by atoms with Crippen LogP contribution in [0.1, 0.15) is 355 Å². The number of allylic oxidation sites excluding steroid dienone is 10. The third-order valence-electron chi connectivity index (χ3n) is 15.0. The van der Waals surface area contributed by atoms with E-state index < -0.39 is 6.10 Å². The molecule has 0 aliphatic heterocycles. The van der Waals surface area contributed by atoms with E-state index in [-0.39, 0.29) is 31.1 Å². The number of hydrogen-bond acceptors (Lipinski definition) is 6. The molecule has 0 fully saturated rings. The first-order chi connectivity index (χ1) is 38.0. The minimum atomic E-state index is -0.781. The third kappa shape index (κ3) is 63.8. The molecule has 0 N–H and O–H groups in total. The normalized spacial score (nSPS) is 12.4. The molecule has 0 heterocycles. The topological polar surface area (TPSA) is 78.9 Å². The summed E-state index contributed by atoms with van der Waals surface area (Å²) in [5.74, 6) is -0.869. The quantitative estimate of drug-likeness (QED) is 0.0261. The van der Waals surface area contributed by atoms with Gasteiger partial charge in [0, 0.05) is 19.3 Å². The number of rotatable bonds is 62. The van der Waals surface area contributed by atoms with Crippen molar-refractivity contribution in [2.75, 3.05) is 13.2 Å². The fourth-order valence-electron chi connectivity index (χ4n) is 9.89. The number of hydrogen-bond donors (Lipinski definition) is 0. The minimum Gasteiger partial charge on any atom is -0.462 e. The van der Waals surface area contributed by atoms with Gasteiger partial charge in [0.05, 0.1) is 0 Å². The molecule has 0 aromatic carbocycles. The fraction of sp³-hybridized carbons (Fsp3) is 0.817. The van der Waals surface area contributed by atoms with Crippen molar-refractivity contribution >= 4 is 17.9 Å². The molecule has 448 valence electrons. The summed E-state index contributed by atoms with van der Waals surface area (Å²) < 4.78 is 17.0. The van der Waals surface area contributed by atoms with Crippen LogP contribution < -0.4 is 0 Å². The highest BCUT2D eigenvalue weighted by Crippen LogP contribution is 2.17. The lowest BCUT2D eigenvalue weighted by atomic mass is 10.0. The number of carbonyl (C=O) groups excluding carboxylic acids is 3. The Kier molecular flexibility index (Phi) is 63.2. The number of carbonyl (C=O) groups is 3. The average molecular weight is 1080 g/mol. The standard InChI is InChI=1S/C71H128O6/c1-4-7-10-13-16-19-22-25-27-29-31-33-34-35-36-38-39-41-43-46-49-52-55-58-61-64-70(73)76-67-68(66-75-69(72)63-60-57-54-51-48-45-24-21-18-15-12-9-6-3)77-71(74)65-62-59-56-53-50-47-44-42-40-37-32-30-28-26-23-20-17-14-11-8-5-2/h22-23,25-26,29-32,40,42,68H,4-21,24,27-28,33-39,41,43-67H2,1-3H3/b25-22-,26-23-,31-29-,32-30-,42-40-. The van der Waals surface area contributed by atoms with Crippen molar-refractivity contribution < 1.29 is 28.6 Å². The molecule has 0 spiro atoms. The maximum atomic E-state index is 12.9. The van der Waals surface area contributed by atoms with E-state index >= 15 is 0 Å². The zero-order chi connectivity index (χ0) is 55.7. The summed E-state index contributed by atoms with van der Waals surface area (Å²) in [7, 11) is 0. The van der Waals surface area contributed by atoms with Crippen LogP contribution in [0.5, 0.6) is 0 Å². The highest BCUT2D eigenvalue weighted by molar-refractivity contribution is 5.71. The van der Waals surface area contributed by atoms with Crippen molar-refractivity contribution in [1.82, 2.24) is 0 Å². The monoisotopic (exact) mass is 1080 g/mol. The van der Waals surface area contributed by atoms with Gasteiger partial charge < -0.3 is 14.2 Å². The van der Waals surface area contributed by atoms with Crippen molar-refractivity contribution in [2.45, 2.75) is 361 Å². The largest absolute Gasteiger partial charge is 0.462 e. The number of ether oxygens (including phenoxy) is 3. The Balaban J connectivity index is 4.30. The van der Waals surface area contributed by atoms with Gasteiger partial charge in [-0.3, -0.25) is 14.4 Å². The second-order valence-electron chi connectivity index (χ2n) is 22.7. The summed E-state index contributed by atoms with van der Waals surface area (Å²) in [5.41, 5.74) is 0. The van der Waals surface area contributed by atoms with E-state index in [2.05, 4.69) is 81.5 Å². The summed E-state index contributed by atoms with van der Waals surface area (Å²) in [6, 6.07) is 0. The first-order valence-corrected chi connectivity index (χ1v) is 33.8. The first kappa shape index (κ1) is 74.1. The maximum Gasteiger partial charge on any atom is 0.306 e. The summed E-state index contributed by atoms with van der Waals surface area (Å²) in [6.45, 7) is 6.66. The van der Waals surface area contributed by atoms with Gasteiger partial charge in [0.25, 0.3) is 0 Å². The van der Waals surface area contributed by atoms with Crippen LogP contribution in [-0.4, -0.2) is 37.2 Å². The van der Waals surface area contributed by atoms with E-state index in [9.17, 15) is 14.4 Å². The van der Waals surface area contributed by atoms with Gasteiger partial charge in [-0.1, -0.05) is 306 Å². The van der Waals surface area contributed by atoms with Gasteiger partial charge in [-0.15, -0.1) is 0 Å². The molecule has 1 atom stereocenters. The highest BCUT2D eigenvalue weighted by Gasteiger charge is 2.19. The van der Waals surface area contributed by atoms with Crippen molar-refractivity contribution in [2.24, 2.45) is 0 Å². The second kappa shape index (κ2) is 65.6. The summed E-state index contributed by atoms with van der Waals surface area (Å²) in [5, 5.41) is 0. The lowest BCUT2D eigenvalue weighted by molar-refractivity contribution is -0.167. The maximum absolute atomic E-state index is 12.9. The molecule has 0 aliphatic carbocycles. The molecule has 0 rings (SSSR count). The molecule has 0 saturated heterocycles. The Morgan fingerprint density at radius 3 is 0.727 bits per heavy atom. The molecule has 1 unspecified atom stereocenters. The van der Waals surface area contributed by atoms with Gasteiger partial charge in [-0.2, -0.15) is 0 Å². The van der Waals surface area contributed by atoms with Gasteiger partial charge in [0.15, 0.2) is 6.10 Å². The van der Waals surface area contributed by atoms with E-state index in [1.54, 1.807) is 0 Å². The van der Waals surface area contributed by atoms with E-state index in [1.165, 1.54) is 231 Å². The van der Waals surface area contributed by atoms with Crippen LogP contribution in [0, 0.1) is 0 Å². The fourth-order valence-corrected chi connectivity index (χ4v) is 9.89. The van der Waals surface area contributed by atoms with Gasteiger partial charge in [-0.05, 0) is 89.9 Å². The molecule has 0 bridgehead atoms. The molecule has 0 saturated carbocycles. The van der Waals surface area contributed by atoms with Crippen LogP contribution in [0.15, 0.2) is 60.8 Å². The molecule has 0 aromatic rings. The summed E-state index contributed by atoms with van der Waals surface area (Å²) in [6.07, 6.45) is 83.7. The van der Waals surface area contributed by atoms with Gasteiger partial charge in [0.2, 0.25) is 0 Å². The number of esters is 3. The number of unbranched alkanes of at least 4 members (excludes halogenated alkanes) is 41. The minimum absolute atomic E-state index is 0.0761. The predicted octanol–water partition coefficient (Wildman–Crippen LogP) is 23.1. The van der Waals surface area contributed by atoms with Crippen LogP contribution in [-0.2, 0) is 28.6 Å². The molecule has 0 amide bonds. The van der Waals surface area contributed by atoms with Crippen molar-refractivity contribution in [3.63, 3.8) is 0 Å². The molecule has 6 heteroatoms. The van der Waals surface area contributed by atoms with Crippen molar-refractivity contribution in [1.29, 1.82) is 0 Å². The van der Waals surface area contributed by atoms with Crippen LogP contribution >= 0.6 is 0 Å².